The van der Waals surface area contributed by atoms with Gasteiger partial charge in [0, 0.05) is 19.1 Å². The van der Waals surface area contributed by atoms with Crippen molar-refractivity contribution in [3.05, 3.63) is 65.2 Å². The van der Waals surface area contributed by atoms with Crippen molar-refractivity contribution in [1.82, 2.24) is 15.5 Å². The molecular weight excluding hydrogens is 482 g/mol. The third-order valence-corrected chi connectivity index (χ3v) is 6.77. The number of para-hydroxylation sites is 1. The average molecular weight is 526 g/mol. The Labute approximate surface area is 226 Å². The quantitative estimate of drug-likeness (QED) is 0.393. The number of aliphatic hydroxyl groups excluding tert-OH is 1. The van der Waals surface area contributed by atoms with Crippen LogP contribution in [0.5, 0.6) is 5.75 Å². The van der Waals surface area contributed by atoms with Crippen LogP contribution < -0.4 is 15.4 Å². The van der Waals surface area contributed by atoms with Crippen LogP contribution in [0.25, 0.3) is 0 Å². The minimum Gasteiger partial charge on any atom is -0.483 e. The van der Waals surface area contributed by atoms with E-state index in [1.54, 1.807) is 4.90 Å². The van der Waals surface area contributed by atoms with Crippen LogP contribution in [0.15, 0.2) is 48.5 Å². The molecule has 3 rings (SSSR count). The largest absolute Gasteiger partial charge is 0.483 e. The van der Waals surface area contributed by atoms with E-state index >= 15 is 0 Å². The number of amides is 3. The molecule has 8 nitrogen and oxygen atoms in total. The number of aliphatic hydroxyl groups is 1. The van der Waals surface area contributed by atoms with Crippen LogP contribution in [0.2, 0.25) is 0 Å². The maximum Gasteiger partial charge on any atom is 0.317 e. The van der Waals surface area contributed by atoms with Gasteiger partial charge in [-0.2, -0.15) is 0 Å². The van der Waals surface area contributed by atoms with Gasteiger partial charge in [0.2, 0.25) is 0 Å². The van der Waals surface area contributed by atoms with Crippen molar-refractivity contribution >= 4 is 11.9 Å². The lowest BCUT2D eigenvalue weighted by Gasteiger charge is -2.32. The lowest BCUT2D eigenvalue weighted by molar-refractivity contribution is -0.124. The molecule has 2 aromatic carbocycles. The summed E-state index contributed by atoms with van der Waals surface area (Å²) >= 11 is 0. The fourth-order valence-corrected chi connectivity index (χ4v) is 4.84. The van der Waals surface area contributed by atoms with Gasteiger partial charge in [-0.25, -0.2) is 4.79 Å². The number of urea groups is 1. The number of ether oxygens (including phenoxy) is 2. The summed E-state index contributed by atoms with van der Waals surface area (Å²) in [5.74, 6) is 0.723. The molecule has 0 aromatic heterocycles. The van der Waals surface area contributed by atoms with E-state index in [1.165, 1.54) is 0 Å². The molecule has 3 amide bonds. The summed E-state index contributed by atoms with van der Waals surface area (Å²) < 4.78 is 11.2. The second-order valence-corrected chi connectivity index (χ2v) is 10.6. The second kappa shape index (κ2) is 14.7. The van der Waals surface area contributed by atoms with Gasteiger partial charge in [0.05, 0.1) is 25.4 Å². The maximum absolute atomic E-state index is 13.0. The molecule has 0 radical (unpaired) electrons. The first-order valence-corrected chi connectivity index (χ1v) is 13.6. The summed E-state index contributed by atoms with van der Waals surface area (Å²) in [5, 5.41) is 17.5. The molecule has 1 saturated heterocycles. The highest BCUT2D eigenvalue weighted by molar-refractivity contribution is 5.78. The van der Waals surface area contributed by atoms with Gasteiger partial charge in [-0.15, -0.1) is 0 Å². The molecule has 3 atom stereocenters. The number of nitrogens with zero attached hydrogens (tertiary/aromatic N) is 1. The van der Waals surface area contributed by atoms with E-state index in [9.17, 15) is 14.7 Å². The lowest BCUT2D eigenvalue weighted by Crippen LogP contribution is -2.52. The summed E-state index contributed by atoms with van der Waals surface area (Å²) in [4.78, 5) is 27.6. The zero-order valence-corrected chi connectivity index (χ0v) is 23.1. The maximum atomic E-state index is 13.0. The predicted molar refractivity (Wildman–Crippen MR) is 148 cm³/mol. The Bertz CT molecular complexity index is 1000. The van der Waals surface area contributed by atoms with Crippen LogP contribution in [0.3, 0.4) is 0 Å². The number of carbonyl (C=O) groups is 2. The molecule has 0 unspecified atom stereocenters. The first-order chi connectivity index (χ1) is 18.2. The minimum absolute atomic E-state index is 0.142. The number of benzene rings is 2. The van der Waals surface area contributed by atoms with Crippen molar-refractivity contribution in [3.63, 3.8) is 0 Å². The van der Waals surface area contributed by atoms with Crippen LogP contribution >= 0.6 is 0 Å². The molecule has 1 fully saturated rings. The van der Waals surface area contributed by atoms with Crippen molar-refractivity contribution < 1.29 is 24.2 Å². The van der Waals surface area contributed by atoms with E-state index < -0.39 is 12.1 Å². The molecule has 1 aliphatic heterocycles. The molecule has 1 aliphatic rings. The molecular formula is C30H43N3O5. The predicted octanol–water partition coefficient (Wildman–Crippen LogP) is 3.62. The second-order valence-electron chi connectivity index (χ2n) is 10.6. The van der Waals surface area contributed by atoms with Gasteiger partial charge in [-0.05, 0) is 55.7 Å². The Morgan fingerprint density at radius 3 is 2.26 bits per heavy atom. The number of hydrogen-bond acceptors (Lipinski definition) is 5. The standard InChI is InChI=1S/C30H43N3O5/c1-21(2)17-25(31-30(36)33-13-15-37-16-14-33)19-27(34)26(18-24-11-6-5-7-12-24)32-28(35)20-38-29-22(3)9-8-10-23(29)4/h5-12,21,25-27,34H,13-20H2,1-4H3,(H,31,36)(H,32,35)/t25-,26-,27-/m0/s1. The number of morpholine rings is 1. The molecule has 1 heterocycles. The Hall–Kier alpha value is -3.10. The fraction of sp³-hybridized carbons (Fsp3) is 0.533. The van der Waals surface area contributed by atoms with Gasteiger partial charge in [-0.3, -0.25) is 4.79 Å². The summed E-state index contributed by atoms with van der Waals surface area (Å²) in [6, 6.07) is 14.7. The normalized spacial score (nSPS) is 16.0. The molecule has 0 aliphatic carbocycles. The summed E-state index contributed by atoms with van der Waals surface area (Å²) in [7, 11) is 0. The summed E-state index contributed by atoms with van der Waals surface area (Å²) in [5.41, 5.74) is 2.93. The SMILES string of the molecule is Cc1cccc(C)c1OCC(=O)N[C@@H](Cc1ccccc1)[C@@H](O)C[C@H](CC(C)C)NC(=O)N1CCOCC1. The van der Waals surface area contributed by atoms with Crippen molar-refractivity contribution in [2.75, 3.05) is 32.9 Å². The van der Waals surface area contributed by atoms with Gasteiger partial charge in [0.25, 0.3) is 5.91 Å². The molecule has 3 N–H and O–H groups in total. The van der Waals surface area contributed by atoms with Gasteiger partial charge in [0.15, 0.2) is 6.61 Å². The van der Waals surface area contributed by atoms with Crippen molar-refractivity contribution in [1.29, 1.82) is 0 Å². The van der Waals surface area contributed by atoms with Crippen molar-refractivity contribution in [2.24, 2.45) is 5.92 Å². The highest BCUT2D eigenvalue weighted by Crippen LogP contribution is 2.22. The summed E-state index contributed by atoms with van der Waals surface area (Å²) in [6.45, 7) is 10.1. The van der Waals surface area contributed by atoms with Gasteiger partial charge >= 0.3 is 6.03 Å². The fourth-order valence-electron chi connectivity index (χ4n) is 4.84. The van der Waals surface area contributed by atoms with Crippen molar-refractivity contribution in [3.8, 4) is 5.75 Å². The third-order valence-electron chi connectivity index (χ3n) is 6.77. The Morgan fingerprint density at radius 2 is 1.63 bits per heavy atom. The Balaban J connectivity index is 1.68. The molecule has 38 heavy (non-hydrogen) atoms. The number of aryl methyl sites for hydroxylation is 2. The topological polar surface area (TPSA) is 100 Å². The van der Waals surface area contributed by atoms with Gasteiger partial charge in [-0.1, -0.05) is 62.4 Å². The average Bonchev–Trinajstić information content (AvgIpc) is 2.88. The van der Waals surface area contributed by atoms with Crippen LogP contribution in [-0.4, -0.2) is 73.0 Å². The van der Waals surface area contributed by atoms with E-state index in [1.807, 2.05) is 62.4 Å². The van der Waals surface area contributed by atoms with Crippen LogP contribution in [0, 0.1) is 19.8 Å². The van der Waals surface area contributed by atoms with Gasteiger partial charge < -0.3 is 30.1 Å². The highest BCUT2D eigenvalue weighted by Gasteiger charge is 2.28. The Kier molecular flexibility index (Phi) is 11.4. The Morgan fingerprint density at radius 1 is 0.974 bits per heavy atom. The van der Waals surface area contributed by atoms with Gasteiger partial charge in [0.1, 0.15) is 5.75 Å². The molecule has 0 spiro atoms. The molecule has 2 aromatic rings. The number of rotatable bonds is 12. The lowest BCUT2D eigenvalue weighted by atomic mass is 9.92. The highest BCUT2D eigenvalue weighted by atomic mass is 16.5. The molecule has 8 heteroatoms. The van der Waals surface area contributed by atoms with Crippen molar-refractivity contribution in [2.45, 2.75) is 65.1 Å². The molecule has 0 bridgehead atoms. The number of nitrogens with one attached hydrogen (secondary N) is 2. The monoisotopic (exact) mass is 525 g/mol. The third kappa shape index (κ3) is 9.33. The van der Waals surface area contributed by atoms with E-state index in [-0.39, 0.29) is 24.6 Å². The van der Waals surface area contributed by atoms with E-state index in [0.717, 1.165) is 23.1 Å². The molecule has 0 saturated carbocycles. The zero-order valence-electron chi connectivity index (χ0n) is 23.1. The minimum atomic E-state index is -0.868. The molecule has 208 valence electrons. The van der Waals surface area contributed by atoms with E-state index in [4.69, 9.17) is 9.47 Å². The smallest absolute Gasteiger partial charge is 0.317 e. The number of hydrogen-bond donors (Lipinski definition) is 3. The van der Waals surface area contributed by atoms with Crippen LogP contribution in [0.4, 0.5) is 4.79 Å². The zero-order chi connectivity index (χ0) is 27.5. The number of carbonyl (C=O) groups excluding carboxylic acids is 2. The van der Waals surface area contributed by atoms with E-state index in [0.29, 0.717) is 50.8 Å². The first kappa shape index (κ1) is 29.5. The van der Waals surface area contributed by atoms with E-state index in [2.05, 4.69) is 24.5 Å². The van der Waals surface area contributed by atoms with Crippen LogP contribution in [-0.2, 0) is 16.0 Å². The summed E-state index contributed by atoms with van der Waals surface area (Å²) in [6.07, 6.45) is 0.634. The van der Waals surface area contributed by atoms with Crippen LogP contribution in [0.1, 0.15) is 43.4 Å². The first-order valence-electron chi connectivity index (χ1n) is 13.6.